The minimum Gasteiger partial charge on any atom is -0.483 e. The zero-order valence-corrected chi connectivity index (χ0v) is 13.2. The van der Waals surface area contributed by atoms with Gasteiger partial charge in [0, 0.05) is 22.2 Å². The molecule has 1 aromatic heterocycles. The van der Waals surface area contributed by atoms with Crippen molar-refractivity contribution < 1.29 is 14.3 Å². The molecule has 0 aliphatic heterocycles. The predicted molar refractivity (Wildman–Crippen MR) is 89.6 cm³/mol. The first kappa shape index (κ1) is 15.3. The molecule has 116 valence electrons. The molecule has 0 bridgehead atoms. The number of hydrogen-bond donors (Lipinski definition) is 0. The van der Waals surface area contributed by atoms with Crippen LogP contribution in [-0.2, 0) is 0 Å². The minimum absolute atomic E-state index is 0.126. The second-order valence-corrected chi connectivity index (χ2v) is 5.62. The number of carbonyl (C=O) groups excluding carboxylic acids is 2. The van der Waals surface area contributed by atoms with E-state index in [-0.39, 0.29) is 12.5 Å². The van der Waals surface area contributed by atoms with E-state index >= 15 is 0 Å². The van der Waals surface area contributed by atoms with Crippen LogP contribution < -0.4 is 4.74 Å². The highest BCUT2D eigenvalue weighted by molar-refractivity contribution is 6.30. The van der Waals surface area contributed by atoms with Crippen LogP contribution in [0.25, 0.3) is 10.9 Å². The highest BCUT2D eigenvalue weighted by Gasteiger charge is 2.14. The molecule has 2 aromatic carbocycles. The van der Waals surface area contributed by atoms with Crippen LogP contribution in [0.1, 0.15) is 20.7 Å². The van der Waals surface area contributed by atoms with Crippen molar-refractivity contribution in [2.24, 2.45) is 0 Å². The first-order valence-corrected chi connectivity index (χ1v) is 7.45. The molecule has 0 atom stereocenters. The van der Waals surface area contributed by atoms with E-state index in [0.717, 1.165) is 17.2 Å². The molecule has 5 heteroatoms. The van der Waals surface area contributed by atoms with Crippen molar-refractivity contribution in [2.75, 3.05) is 6.61 Å². The molecule has 23 heavy (non-hydrogen) atoms. The average Bonchev–Trinajstić information content (AvgIpc) is 2.93. The van der Waals surface area contributed by atoms with Crippen LogP contribution in [0.2, 0.25) is 5.02 Å². The molecule has 4 nitrogen and oxygen atoms in total. The van der Waals surface area contributed by atoms with Gasteiger partial charge >= 0.3 is 0 Å². The lowest BCUT2D eigenvalue weighted by atomic mass is 10.2. The molecule has 1 heterocycles. The Morgan fingerprint density at radius 2 is 2.04 bits per heavy atom. The smallest absolute Gasteiger partial charge is 0.269 e. The molecule has 0 saturated heterocycles. The van der Waals surface area contributed by atoms with E-state index in [4.69, 9.17) is 16.3 Å². The second kappa shape index (κ2) is 6.26. The summed E-state index contributed by atoms with van der Waals surface area (Å²) in [5, 5.41) is 1.37. The maximum atomic E-state index is 12.4. The van der Waals surface area contributed by atoms with Crippen molar-refractivity contribution in [3.8, 4) is 5.75 Å². The number of benzene rings is 2. The Labute approximate surface area is 138 Å². The molecule has 0 aliphatic rings. The molecule has 0 saturated carbocycles. The van der Waals surface area contributed by atoms with Gasteiger partial charge in [0.25, 0.3) is 5.91 Å². The summed E-state index contributed by atoms with van der Waals surface area (Å²) < 4.78 is 7.03. The van der Waals surface area contributed by atoms with Gasteiger partial charge in [-0.25, -0.2) is 0 Å². The zero-order chi connectivity index (χ0) is 16.4. The predicted octanol–water partition coefficient (Wildman–Crippen LogP) is 4.13. The van der Waals surface area contributed by atoms with E-state index in [0.29, 0.717) is 21.9 Å². The lowest BCUT2D eigenvalue weighted by Crippen LogP contribution is -2.18. The van der Waals surface area contributed by atoms with Gasteiger partial charge in [-0.1, -0.05) is 29.8 Å². The van der Waals surface area contributed by atoms with Gasteiger partial charge in [0.05, 0.1) is 5.52 Å². The summed E-state index contributed by atoms with van der Waals surface area (Å²) in [6.45, 7) is 1.74. The molecule has 3 aromatic rings. The van der Waals surface area contributed by atoms with Crippen molar-refractivity contribution in [3.05, 3.63) is 64.8 Å². The fraction of sp³-hybridized carbons (Fsp3) is 0.111. The van der Waals surface area contributed by atoms with Crippen LogP contribution in [0.3, 0.4) is 0 Å². The Hall–Kier alpha value is -2.59. The number of fused-ring (bicyclic) bond motifs is 1. The molecular formula is C18H14ClNO3. The van der Waals surface area contributed by atoms with Gasteiger partial charge in [0.2, 0.25) is 0 Å². The Morgan fingerprint density at radius 1 is 1.26 bits per heavy atom. The summed E-state index contributed by atoms with van der Waals surface area (Å²) >= 11 is 5.90. The van der Waals surface area contributed by atoms with Gasteiger partial charge in [-0.05, 0) is 36.8 Å². The van der Waals surface area contributed by atoms with Gasteiger partial charge < -0.3 is 4.74 Å². The number of rotatable bonds is 4. The Morgan fingerprint density at radius 3 is 2.78 bits per heavy atom. The summed E-state index contributed by atoms with van der Waals surface area (Å²) in [5.41, 5.74) is 2.03. The molecule has 0 N–H and O–H groups in total. The van der Waals surface area contributed by atoms with Crippen LogP contribution in [0.4, 0.5) is 0 Å². The number of carbonyl (C=O) groups is 2. The molecular weight excluding hydrogens is 314 g/mol. The van der Waals surface area contributed by atoms with Crippen molar-refractivity contribution >= 4 is 34.7 Å². The van der Waals surface area contributed by atoms with Crippen LogP contribution >= 0.6 is 11.6 Å². The van der Waals surface area contributed by atoms with Crippen LogP contribution in [0.5, 0.6) is 5.75 Å². The Balaban J connectivity index is 1.85. The van der Waals surface area contributed by atoms with Gasteiger partial charge in [0.15, 0.2) is 12.9 Å². The first-order valence-electron chi connectivity index (χ1n) is 7.07. The molecule has 0 amide bonds. The first-order chi connectivity index (χ1) is 11.1. The highest BCUT2D eigenvalue weighted by atomic mass is 35.5. The second-order valence-electron chi connectivity index (χ2n) is 5.18. The molecule has 3 rings (SSSR count). The lowest BCUT2D eigenvalue weighted by molar-refractivity contribution is 0.0842. The lowest BCUT2D eigenvalue weighted by Gasteiger charge is -2.09. The molecule has 0 fully saturated rings. The number of ether oxygens (including phenoxy) is 1. The van der Waals surface area contributed by atoms with E-state index in [2.05, 4.69) is 0 Å². The highest BCUT2D eigenvalue weighted by Crippen LogP contribution is 2.23. The number of halogens is 1. The standard InChI is InChI=1S/C18H14ClNO3/c1-12-8-14(19)6-7-17(12)23-11-18(22)20-9-13(10-21)15-4-2-3-5-16(15)20/h2-10H,11H2,1H3. The summed E-state index contributed by atoms with van der Waals surface area (Å²) in [7, 11) is 0. The van der Waals surface area contributed by atoms with Crippen molar-refractivity contribution in [1.82, 2.24) is 4.57 Å². The Bertz CT molecular complexity index is 898. The average molecular weight is 328 g/mol. The zero-order valence-electron chi connectivity index (χ0n) is 12.5. The van der Waals surface area contributed by atoms with Crippen LogP contribution in [0, 0.1) is 6.92 Å². The normalized spacial score (nSPS) is 10.7. The van der Waals surface area contributed by atoms with Crippen LogP contribution in [0.15, 0.2) is 48.7 Å². The van der Waals surface area contributed by atoms with E-state index in [9.17, 15) is 9.59 Å². The third kappa shape index (κ3) is 2.98. The fourth-order valence-corrected chi connectivity index (χ4v) is 2.72. The van der Waals surface area contributed by atoms with Crippen molar-refractivity contribution in [1.29, 1.82) is 0 Å². The van der Waals surface area contributed by atoms with Crippen LogP contribution in [-0.4, -0.2) is 23.4 Å². The molecule has 0 spiro atoms. The number of para-hydroxylation sites is 1. The summed E-state index contributed by atoms with van der Waals surface area (Å²) in [5.74, 6) is 0.360. The van der Waals surface area contributed by atoms with Gasteiger partial charge in [-0.3, -0.25) is 14.2 Å². The summed E-state index contributed by atoms with van der Waals surface area (Å²) in [6.07, 6.45) is 2.29. The SMILES string of the molecule is Cc1cc(Cl)ccc1OCC(=O)n1cc(C=O)c2ccccc21. The maximum Gasteiger partial charge on any atom is 0.269 e. The van der Waals surface area contributed by atoms with Gasteiger partial charge in [-0.2, -0.15) is 0 Å². The van der Waals surface area contributed by atoms with Gasteiger partial charge in [0.1, 0.15) is 5.75 Å². The van der Waals surface area contributed by atoms with E-state index < -0.39 is 0 Å². The molecule has 0 radical (unpaired) electrons. The van der Waals surface area contributed by atoms with Gasteiger partial charge in [-0.15, -0.1) is 0 Å². The number of aryl methyl sites for hydroxylation is 1. The quantitative estimate of drug-likeness (QED) is 0.677. The Kier molecular flexibility index (Phi) is 4.17. The summed E-state index contributed by atoms with van der Waals surface area (Å²) in [6, 6.07) is 12.5. The van der Waals surface area contributed by atoms with Crippen molar-refractivity contribution in [3.63, 3.8) is 0 Å². The number of aromatic nitrogens is 1. The largest absolute Gasteiger partial charge is 0.483 e. The monoisotopic (exact) mass is 327 g/mol. The number of hydrogen-bond acceptors (Lipinski definition) is 3. The van der Waals surface area contributed by atoms with E-state index in [1.807, 2.05) is 25.1 Å². The summed E-state index contributed by atoms with van der Waals surface area (Å²) in [4.78, 5) is 23.6. The fourth-order valence-electron chi connectivity index (χ4n) is 2.49. The molecule has 0 aliphatic carbocycles. The maximum absolute atomic E-state index is 12.4. The topological polar surface area (TPSA) is 48.3 Å². The third-order valence-electron chi connectivity index (χ3n) is 3.63. The molecule has 0 unspecified atom stereocenters. The third-order valence-corrected chi connectivity index (χ3v) is 3.86. The number of aldehydes is 1. The van der Waals surface area contributed by atoms with E-state index in [1.165, 1.54) is 10.8 Å². The minimum atomic E-state index is -0.247. The number of nitrogens with zero attached hydrogens (tertiary/aromatic N) is 1. The van der Waals surface area contributed by atoms with E-state index in [1.54, 1.807) is 24.3 Å². The van der Waals surface area contributed by atoms with Crippen molar-refractivity contribution in [2.45, 2.75) is 6.92 Å².